The molecule has 4 amide bonds. The van der Waals surface area contributed by atoms with Gasteiger partial charge in [0.2, 0.25) is 23.7 Å². The van der Waals surface area contributed by atoms with E-state index in [4.69, 9.17) is 28.7 Å². The van der Waals surface area contributed by atoms with Crippen LogP contribution in [-0.4, -0.2) is 141 Å². The zero-order valence-corrected chi connectivity index (χ0v) is 47.5. The number of anilines is 2. The number of carbonyl (C=O) groups excluding carboxylic acids is 4. The van der Waals surface area contributed by atoms with Crippen molar-refractivity contribution in [2.45, 2.75) is 115 Å². The number of aryl methyl sites for hydroxylation is 1. The minimum absolute atomic E-state index is 0.0231. The van der Waals surface area contributed by atoms with Crippen molar-refractivity contribution in [3.8, 4) is 22.1 Å². The first kappa shape index (κ1) is 59.4. The first-order valence-corrected chi connectivity index (χ1v) is 29.3. The maximum absolute atomic E-state index is 14.8. The van der Waals surface area contributed by atoms with Gasteiger partial charge in [0.1, 0.15) is 47.1 Å². The fraction of sp³-hybridized carbons (Fsp3) is 0.517. The van der Waals surface area contributed by atoms with Gasteiger partial charge in [-0.25, -0.2) is 9.97 Å². The summed E-state index contributed by atoms with van der Waals surface area (Å²) < 4.78 is 29.6. The van der Waals surface area contributed by atoms with Crippen LogP contribution < -0.4 is 41.4 Å². The van der Waals surface area contributed by atoms with Crippen LogP contribution in [0.2, 0.25) is 0 Å². The number of nitrogens with zero attached hydrogens (tertiary/aromatic N) is 4. The normalized spacial score (nSPS) is 18.0. The molecule has 2 fully saturated rings. The highest BCUT2D eigenvalue weighted by atomic mass is 32.1. The van der Waals surface area contributed by atoms with Crippen LogP contribution in [0.15, 0.2) is 90.4 Å². The van der Waals surface area contributed by atoms with E-state index in [9.17, 15) is 19.2 Å². The number of hydrogen-bond acceptors (Lipinski definition) is 16. The van der Waals surface area contributed by atoms with Gasteiger partial charge in [0.05, 0.1) is 70.5 Å². The highest BCUT2D eigenvalue weighted by Gasteiger charge is 2.45. The fourth-order valence-corrected chi connectivity index (χ4v) is 11.0. The Morgan fingerprint density at radius 1 is 0.787 bits per heavy atom. The second-order valence-corrected chi connectivity index (χ2v) is 21.9. The molecule has 1 saturated heterocycles. The van der Waals surface area contributed by atoms with E-state index >= 15 is 0 Å². The smallest absolute Gasteiger partial charge is 0.251 e. The van der Waals surface area contributed by atoms with Crippen LogP contribution in [0.4, 0.5) is 11.8 Å². The number of thiazole rings is 1. The molecule has 0 radical (unpaired) electrons. The molecule has 20 heteroatoms. The van der Waals surface area contributed by atoms with E-state index in [1.807, 2.05) is 53.9 Å². The minimum Gasteiger partial charge on any atom is -0.491 e. The van der Waals surface area contributed by atoms with Crippen molar-refractivity contribution in [2.75, 3.05) is 83.6 Å². The number of carbonyl (C=O) groups is 4. The van der Waals surface area contributed by atoms with Crippen molar-refractivity contribution in [1.29, 1.82) is 0 Å². The largest absolute Gasteiger partial charge is 0.491 e. The number of fused-ring (bicyclic) bond motifs is 1. The third-order valence-electron chi connectivity index (χ3n) is 14.6. The van der Waals surface area contributed by atoms with Gasteiger partial charge in [-0.3, -0.25) is 19.2 Å². The number of amides is 4. The predicted octanol–water partition coefficient (Wildman–Crippen LogP) is 7.35. The van der Waals surface area contributed by atoms with Gasteiger partial charge in [-0.05, 0) is 99.4 Å². The maximum Gasteiger partial charge on any atom is 0.251 e. The molecule has 0 unspecified atom stereocenters. The predicted molar refractivity (Wildman–Crippen MR) is 309 cm³/mol. The monoisotopic (exact) mass is 1120 g/mol. The van der Waals surface area contributed by atoms with Crippen LogP contribution in [0.5, 0.6) is 11.5 Å². The second-order valence-electron chi connectivity index (χ2n) is 21.1. The molecule has 5 aromatic rings. The molecule has 0 bridgehead atoms. The number of aromatic nitrogens is 3. The molecule has 80 heavy (non-hydrogen) atoms. The van der Waals surface area contributed by atoms with E-state index < -0.39 is 24.2 Å². The lowest BCUT2D eigenvalue weighted by atomic mass is 9.83. The number of likely N-dealkylation sites (tertiary alicyclic amines) is 1. The molecule has 3 aliphatic rings. The highest BCUT2D eigenvalue weighted by molar-refractivity contribution is 7.13. The summed E-state index contributed by atoms with van der Waals surface area (Å²) in [5.41, 5.74) is 4.71. The van der Waals surface area contributed by atoms with Gasteiger partial charge in [-0.15, -0.1) is 11.3 Å². The minimum atomic E-state index is -0.778. The Labute approximate surface area is 474 Å². The number of rotatable bonds is 30. The molecule has 3 heterocycles. The molecule has 1 aliphatic heterocycles. The number of nitrogens with one attached hydrogen (secondary N) is 6. The van der Waals surface area contributed by atoms with E-state index in [2.05, 4.69) is 67.8 Å². The van der Waals surface area contributed by atoms with Crippen molar-refractivity contribution in [2.24, 2.45) is 11.8 Å². The lowest BCUT2D eigenvalue weighted by Crippen LogP contribution is -2.58. The Kier molecular flexibility index (Phi) is 22.8. The SMILES string of the molecule is CN[C@@H](C)C(=O)N[C@H](C(=O)N1C[C@@H](Oc2cccc(OCCOCCOCCOCCNC(=O)c3ccc(-c4nc(CNc5nccc(NCC(C)C)n5)cs4)cc3)c2)C[C@H]1C(=O)N[C@@H]1CCCc2ccccc21)C1CCCCC1. The summed E-state index contributed by atoms with van der Waals surface area (Å²) in [7, 11) is 1.72. The van der Waals surface area contributed by atoms with Gasteiger partial charge >= 0.3 is 0 Å². The summed E-state index contributed by atoms with van der Waals surface area (Å²) in [6, 6.07) is 22.6. The van der Waals surface area contributed by atoms with E-state index in [0.29, 0.717) is 94.7 Å². The summed E-state index contributed by atoms with van der Waals surface area (Å²) in [5.74, 6) is 2.07. The summed E-state index contributed by atoms with van der Waals surface area (Å²) in [6.07, 6.45) is 9.05. The van der Waals surface area contributed by atoms with Gasteiger partial charge < -0.3 is 60.5 Å². The van der Waals surface area contributed by atoms with Crippen LogP contribution in [0.3, 0.4) is 0 Å². The number of benzene rings is 3. The molecule has 430 valence electrons. The average molecular weight is 1120 g/mol. The molecule has 19 nitrogen and oxygen atoms in total. The van der Waals surface area contributed by atoms with Crippen LogP contribution >= 0.6 is 11.3 Å². The number of likely N-dealkylation sites (N-methyl/N-ethyl adjacent to an activating group) is 1. The molecule has 5 atom stereocenters. The first-order chi connectivity index (χ1) is 39.0. The lowest BCUT2D eigenvalue weighted by molar-refractivity contribution is -0.143. The van der Waals surface area contributed by atoms with Crippen molar-refractivity contribution in [1.82, 2.24) is 41.1 Å². The Morgan fingerprint density at radius 2 is 1.54 bits per heavy atom. The Bertz CT molecular complexity index is 2760. The molecule has 1 saturated carbocycles. The summed E-state index contributed by atoms with van der Waals surface area (Å²) in [6.45, 7) is 10.4. The van der Waals surface area contributed by atoms with Crippen molar-refractivity contribution in [3.05, 3.63) is 113 Å². The van der Waals surface area contributed by atoms with E-state index in [-0.39, 0.29) is 42.1 Å². The van der Waals surface area contributed by atoms with Crippen molar-refractivity contribution >= 4 is 46.7 Å². The summed E-state index contributed by atoms with van der Waals surface area (Å²) in [5, 5.41) is 21.7. The van der Waals surface area contributed by atoms with E-state index in [1.165, 1.54) is 16.9 Å². The molecule has 8 rings (SSSR count). The molecule has 0 spiro atoms. The van der Waals surface area contributed by atoms with Crippen LogP contribution in [0.25, 0.3) is 10.6 Å². The lowest BCUT2D eigenvalue weighted by Gasteiger charge is -2.35. The summed E-state index contributed by atoms with van der Waals surface area (Å²) >= 11 is 1.54. The summed E-state index contributed by atoms with van der Waals surface area (Å²) in [4.78, 5) is 70.5. The zero-order valence-electron chi connectivity index (χ0n) is 46.7. The van der Waals surface area contributed by atoms with Gasteiger partial charge in [-0.1, -0.05) is 75.6 Å². The van der Waals surface area contributed by atoms with Gasteiger partial charge in [-0.2, -0.15) is 4.98 Å². The quantitative estimate of drug-likeness (QED) is 0.0247. The van der Waals surface area contributed by atoms with E-state index in [0.717, 1.165) is 85.6 Å². The van der Waals surface area contributed by atoms with Gasteiger partial charge in [0, 0.05) is 48.3 Å². The first-order valence-electron chi connectivity index (χ1n) is 28.4. The van der Waals surface area contributed by atoms with E-state index in [1.54, 1.807) is 43.3 Å². The third kappa shape index (κ3) is 17.6. The third-order valence-corrected chi connectivity index (χ3v) is 15.6. The van der Waals surface area contributed by atoms with Crippen LogP contribution in [0.1, 0.15) is 105 Å². The molecule has 2 aliphatic carbocycles. The zero-order chi connectivity index (χ0) is 56.1. The van der Waals surface area contributed by atoms with Crippen LogP contribution in [0, 0.1) is 11.8 Å². The molecular weight excluding hydrogens is 1040 g/mol. The fourth-order valence-electron chi connectivity index (χ4n) is 10.2. The maximum atomic E-state index is 14.8. The standard InChI is InChI=1S/C60H80N10O9S/c1-40(2)36-64-53-24-25-63-60(68-53)65-37-46-39-80-58(66-46)45-22-20-44(21-23-45)56(72)62-26-27-75-28-29-76-30-31-77-32-33-78-47-16-11-17-48(34-47)79-49-35-52(57(73)67-51-19-10-15-42-12-8-9-18-50(42)51)70(38-49)59(74)54(43-13-6-5-7-14-43)69-55(71)41(3)61-4/h8-9,11-12,16-18,20-25,34,39-41,43,49,51-52,54,61H,5-7,10,13-15,19,26-33,35-38H2,1-4H3,(H,62,72)(H,67,73)(H,69,71)(H2,63,64,65,68)/t41-,49-,51+,52-,54-/m0/s1. The molecular formula is C60H80N10O9S. The Hall–Kier alpha value is -6.71. The topological polar surface area (TPSA) is 229 Å². The Balaban J connectivity index is 0.710. The highest BCUT2D eigenvalue weighted by Crippen LogP contribution is 2.34. The molecule has 2 aromatic heterocycles. The van der Waals surface area contributed by atoms with Gasteiger partial charge in [0.15, 0.2) is 0 Å². The van der Waals surface area contributed by atoms with Crippen molar-refractivity contribution < 1.29 is 42.9 Å². The molecule has 3 aromatic carbocycles. The average Bonchev–Trinajstić information content (AvgIpc) is 4.17. The van der Waals surface area contributed by atoms with Crippen molar-refractivity contribution in [3.63, 3.8) is 0 Å². The second kappa shape index (κ2) is 30.8. The van der Waals surface area contributed by atoms with Crippen LogP contribution in [-0.2, 0) is 41.6 Å². The number of ether oxygens (including phenoxy) is 5. The number of hydrogen-bond donors (Lipinski definition) is 6. The Morgan fingerprint density at radius 3 is 2.31 bits per heavy atom. The van der Waals surface area contributed by atoms with Gasteiger partial charge in [0.25, 0.3) is 5.91 Å². The molecule has 6 N–H and O–H groups in total.